The van der Waals surface area contributed by atoms with Crippen LogP contribution in [0.5, 0.6) is 0 Å². The largest absolute Gasteiger partial charge is 0.380 e. The number of anilines is 1. The lowest BCUT2D eigenvalue weighted by Crippen LogP contribution is -2.32. The summed E-state index contributed by atoms with van der Waals surface area (Å²) in [5.74, 6) is 0. The number of nitrogens with one attached hydrogen (secondary N) is 1. The van der Waals surface area contributed by atoms with E-state index in [0.717, 1.165) is 12.8 Å². The third-order valence-corrected chi connectivity index (χ3v) is 2.78. The second kappa shape index (κ2) is 4.31. The van der Waals surface area contributed by atoms with E-state index in [0.29, 0.717) is 0 Å². The van der Waals surface area contributed by atoms with Crippen LogP contribution < -0.4 is 5.32 Å². The SMILES string of the molecule is CCC(C)(CC)Nc1ccccc1. The van der Waals surface area contributed by atoms with Gasteiger partial charge in [0.25, 0.3) is 0 Å². The highest BCUT2D eigenvalue weighted by Gasteiger charge is 2.18. The minimum Gasteiger partial charge on any atom is -0.380 e. The molecule has 0 aromatic heterocycles. The van der Waals surface area contributed by atoms with Gasteiger partial charge < -0.3 is 5.32 Å². The highest BCUT2D eigenvalue weighted by atomic mass is 15.0. The first-order valence-corrected chi connectivity index (χ1v) is 5.03. The van der Waals surface area contributed by atoms with Crippen LogP contribution in [0.3, 0.4) is 0 Å². The fourth-order valence-corrected chi connectivity index (χ4v) is 1.30. The molecule has 0 bridgehead atoms. The number of para-hydroxylation sites is 1. The lowest BCUT2D eigenvalue weighted by Gasteiger charge is -2.29. The molecule has 0 fully saturated rings. The molecule has 1 N–H and O–H groups in total. The molecule has 72 valence electrons. The van der Waals surface area contributed by atoms with Crippen LogP contribution in [0.2, 0.25) is 0 Å². The van der Waals surface area contributed by atoms with Crippen LogP contribution in [0.1, 0.15) is 33.6 Å². The van der Waals surface area contributed by atoms with Crippen LogP contribution in [0, 0.1) is 0 Å². The maximum atomic E-state index is 3.55. The van der Waals surface area contributed by atoms with Gasteiger partial charge in [0.15, 0.2) is 0 Å². The van der Waals surface area contributed by atoms with E-state index in [9.17, 15) is 0 Å². The molecule has 0 spiro atoms. The molecule has 0 aliphatic carbocycles. The Bertz CT molecular complexity index is 237. The summed E-state index contributed by atoms with van der Waals surface area (Å²) in [6.07, 6.45) is 2.30. The predicted molar refractivity (Wildman–Crippen MR) is 59.1 cm³/mol. The van der Waals surface area contributed by atoms with E-state index >= 15 is 0 Å². The van der Waals surface area contributed by atoms with Gasteiger partial charge in [0.1, 0.15) is 0 Å². The third-order valence-electron chi connectivity index (χ3n) is 2.78. The average Bonchev–Trinajstić information content (AvgIpc) is 2.19. The Labute approximate surface area is 81.2 Å². The zero-order valence-corrected chi connectivity index (χ0v) is 8.80. The van der Waals surface area contributed by atoms with Crippen molar-refractivity contribution < 1.29 is 0 Å². The Morgan fingerprint density at radius 3 is 2.08 bits per heavy atom. The second-order valence-corrected chi connectivity index (χ2v) is 3.76. The predicted octanol–water partition coefficient (Wildman–Crippen LogP) is 3.68. The van der Waals surface area contributed by atoms with Crippen molar-refractivity contribution in [1.29, 1.82) is 0 Å². The highest BCUT2D eigenvalue weighted by molar-refractivity contribution is 5.44. The molecule has 1 rings (SSSR count). The average molecular weight is 177 g/mol. The molecular weight excluding hydrogens is 158 g/mol. The summed E-state index contributed by atoms with van der Waals surface area (Å²) in [7, 11) is 0. The fraction of sp³-hybridized carbons (Fsp3) is 0.500. The van der Waals surface area contributed by atoms with Gasteiger partial charge in [0.2, 0.25) is 0 Å². The minimum absolute atomic E-state index is 0.237. The van der Waals surface area contributed by atoms with Crippen LogP contribution in [-0.4, -0.2) is 5.54 Å². The Morgan fingerprint density at radius 1 is 1.08 bits per heavy atom. The normalized spacial score (nSPS) is 11.3. The summed E-state index contributed by atoms with van der Waals surface area (Å²) in [4.78, 5) is 0. The van der Waals surface area contributed by atoms with Gasteiger partial charge in [-0.05, 0) is 31.9 Å². The maximum Gasteiger partial charge on any atom is 0.0344 e. The van der Waals surface area contributed by atoms with E-state index in [-0.39, 0.29) is 5.54 Å². The van der Waals surface area contributed by atoms with Crippen molar-refractivity contribution in [3.05, 3.63) is 30.3 Å². The molecule has 0 amide bonds. The minimum atomic E-state index is 0.237. The Kier molecular flexibility index (Phi) is 3.35. The summed E-state index contributed by atoms with van der Waals surface area (Å²) in [5.41, 5.74) is 1.45. The Balaban J connectivity index is 2.68. The van der Waals surface area contributed by atoms with Crippen LogP contribution in [0.15, 0.2) is 30.3 Å². The van der Waals surface area contributed by atoms with E-state index < -0.39 is 0 Å². The number of hydrogen-bond acceptors (Lipinski definition) is 1. The first kappa shape index (κ1) is 10.1. The molecule has 0 heterocycles. The highest BCUT2D eigenvalue weighted by Crippen LogP contribution is 2.20. The third kappa shape index (κ3) is 2.76. The molecule has 13 heavy (non-hydrogen) atoms. The topological polar surface area (TPSA) is 12.0 Å². The van der Waals surface area contributed by atoms with Crippen molar-refractivity contribution in [2.75, 3.05) is 5.32 Å². The zero-order valence-electron chi connectivity index (χ0n) is 8.80. The van der Waals surface area contributed by atoms with Gasteiger partial charge in [-0.1, -0.05) is 32.0 Å². The van der Waals surface area contributed by atoms with Crippen molar-refractivity contribution in [1.82, 2.24) is 0 Å². The molecule has 0 radical (unpaired) electrons. The number of benzene rings is 1. The first-order chi connectivity index (χ1) is 6.20. The fourth-order valence-electron chi connectivity index (χ4n) is 1.30. The zero-order chi connectivity index (χ0) is 9.73. The summed E-state index contributed by atoms with van der Waals surface area (Å²) in [6.45, 7) is 6.71. The molecule has 1 aromatic rings. The van der Waals surface area contributed by atoms with Crippen LogP contribution in [0.25, 0.3) is 0 Å². The monoisotopic (exact) mass is 177 g/mol. The molecule has 0 saturated carbocycles. The van der Waals surface area contributed by atoms with E-state index in [1.54, 1.807) is 0 Å². The summed E-state index contributed by atoms with van der Waals surface area (Å²) in [6, 6.07) is 10.4. The molecule has 1 nitrogen and oxygen atoms in total. The molecular formula is C12H19N. The quantitative estimate of drug-likeness (QED) is 0.739. The molecule has 0 unspecified atom stereocenters. The van der Waals surface area contributed by atoms with Gasteiger partial charge in [-0.15, -0.1) is 0 Å². The lowest BCUT2D eigenvalue weighted by molar-refractivity contribution is 0.478. The van der Waals surface area contributed by atoms with Gasteiger partial charge in [0, 0.05) is 11.2 Å². The van der Waals surface area contributed by atoms with Crippen molar-refractivity contribution in [3.63, 3.8) is 0 Å². The van der Waals surface area contributed by atoms with Crippen molar-refractivity contribution in [2.24, 2.45) is 0 Å². The van der Waals surface area contributed by atoms with Crippen molar-refractivity contribution in [3.8, 4) is 0 Å². The smallest absolute Gasteiger partial charge is 0.0344 e. The maximum absolute atomic E-state index is 3.55. The Hall–Kier alpha value is -0.980. The molecule has 0 atom stereocenters. The standard InChI is InChI=1S/C12H19N/c1-4-12(3,5-2)13-11-9-7-6-8-10-11/h6-10,13H,4-5H2,1-3H3. The van der Waals surface area contributed by atoms with Gasteiger partial charge in [-0.2, -0.15) is 0 Å². The van der Waals surface area contributed by atoms with E-state index in [4.69, 9.17) is 0 Å². The first-order valence-electron chi connectivity index (χ1n) is 5.03. The van der Waals surface area contributed by atoms with E-state index in [1.807, 2.05) is 6.07 Å². The van der Waals surface area contributed by atoms with Crippen molar-refractivity contribution in [2.45, 2.75) is 39.2 Å². The summed E-state index contributed by atoms with van der Waals surface area (Å²) < 4.78 is 0. The van der Waals surface area contributed by atoms with Gasteiger partial charge in [-0.25, -0.2) is 0 Å². The van der Waals surface area contributed by atoms with Gasteiger partial charge >= 0.3 is 0 Å². The number of hydrogen-bond donors (Lipinski definition) is 1. The van der Waals surface area contributed by atoms with E-state index in [2.05, 4.69) is 50.4 Å². The van der Waals surface area contributed by atoms with Crippen LogP contribution in [0.4, 0.5) is 5.69 Å². The summed E-state index contributed by atoms with van der Waals surface area (Å²) >= 11 is 0. The molecule has 1 heteroatoms. The molecule has 0 saturated heterocycles. The van der Waals surface area contributed by atoms with Gasteiger partial charge in [-0.3, -0.25) is 0 Å². The molecule has 0 aliphatic heterocycles. The number of rotatable bonds is 4. The van der Waals surface area contributed by atoms with Crippen LogP contribution >= 0.6 is 0 Å². The van der Waals surface area contributed by atoms with Gasteiger partial charge in [0.05, 0.1) is 0 Å². The molecule has 1 aromatic carbocycles. The van der Waals surface area contributed by atoms with E-state index in [1.165, 1.54) is 5.69 Å². The lowest BCUT2D eigenvalue weighted by atomic mass is 9.95. The molecule has 0 aliphatic rings. The summed E-state index contributed by atoms with van der Waals surface area (Å²) in [5, 5.41) is 3.55. The van der Waals surface area contributed by atoms with Crippen LogP contribution in [-0.2, 0) is 0 Å². The van der Waals surface area contributed by atoms with Crippen molar-refractivity contribution >= 4 is 5.69 Å². The Morgan fingerprint density at radius 2 is 1.62 bits per heavy atom. The second-order valence-electron chi connectivity index (χ2n) is 3.76.